The van der Waals surface area contributed by atoms with E-state index in [1.54, 1.807) is 30.3 Å². The molecule has 0 fully saturated rings. The minimum Gasteiger partial charge on any atom is -0.496 e. The summed E-state index contributed by atoms with van der Waals surface area (Å²) >= 11 is 5.89. The van der Waals surface area contributed by atoms with E-state index in [1.165, 1.54) is 25.3 Å². The van der Waals surface area contributed by atoms with Gasteiger partial charge in [-0.3, -0.25) is 4.79 Å². The van der Waals surface area contributed by atoms with Crippen LogP contribution in [0.5, 0.6) is 5.75 Å². The number of carbonyl (C=O) groups excluding carboxylic acids is 1. The summed E-state index contributed by atoms with van der Waals surface area (Å²) in [6, 6.07) is 12.3. The molecule has 0 spiro atoms. The van der Waals surface area contributed by atoms with Gasteiger partial charge < -0.3 is 9.47 Å². The zero-order chi connectivity index (χ0) is 19.2. The number of nitriles is 1. The van der Waals surface area contributed by atoms with Gasteiger partial charge in [0.2, 0.25) is 10.0 Å². The van der Waals surface area contributed by atoms with Crippen molar-refractivity contribution in [1.29, 1.82) is 5.26 Å². The maximum absolute atomic E-state index is 12.2. The van der Waals surface area contributed by atoms with Crippen molar-refractivity contribution in [2.45, 2.75) is 11.5 Å². The van der Waals surface area contributed by atoms with Crippen LogP contribution >= 0.6 is 11.6 Å². The number of rotatable bonds is 7. The Balaban J connectivity index is 1.99. The zero-order valence-corrected chi connectivity index (χ0v) is 15.3. The average molecular weight is 395 g/mol. The van der Waals surface area contributed by atoms with Crippen LogP contribution in [-0.2, 0) is 26.2 Å². The van der Waals surface area contributed by atoms with E-state index in [1.807, 2.05) is 0 Å². The molecule has 2 aromatic carbocycles. The quantitative estimate of drug-likeness (QED) is 0.722. The zero-order valence-electron chi connectivity index (χ0n) is 13.7. The van der Waals surface area contributed by atoms with Crippen molar-refractivity contribution in [1.82, 2.24) is 4.72 Å². The number of ether oxygens (including phenoxy) is 2. The van der Waals surface area contributed by atoms with Crippen LogP contribution in [-0.4, -0.2) is 28.0 Å². The second kappa shape index (κ2) is 8.67. The number of sulfonamides is 1. The van der Waals surface area contributed by atoms with Crippen molar-refractivity contribution in [3.8, 4) is 11.8 Å². The van der Waals surface area contributed by atoms with E-state index in [4.69, 9.17) is 26.3 Å². The molecule has 9 heteroatoms. The number of methoxy groups -OCH3 is 1. The van der Waals surface area contributed by atoms with E-state index in [9.17, 15) is 13.2 Å². The Morgan fingerprint density at radius 1 is 1.27 bits per heavy atom. The summed E-state index contributed by atoms with van der Waals surface area (Å²) in [6.07, 6.45) is 0. The molecule has 0 heterocycles. The van der Waals surface area contributed by atoms with E-state index >= 15 is 0 Å². The molecule has 2 rings (SSSR count). The molecule has 136 valence electrons. The molecule has 1 N–H and O–H groups in total. The molecule has 0 aliphatic carbocycles. The van der Waals surface area contributed by atoms with E-state index in [0.717, 1.165) is 0 Å². The smallest absolute Gasteiger partial charge is 0.321 e. The van der Waals surface area contributed by atoms with Crippen LogP contribution in [0, 0.1) is 11.3 Å². The Morgan fingerprint density at radius 3 is 2.69 bits per heavy atom. The second-order valence-electron chi connectivity index (χ2n) is 5.05. The highest BCUT2D eigenvalue weighted by Gasteiger charge is 2.19. The molecule has 0 aromatic heterocycles. The third-order valence-corrected chi connectivity index (χ3v) is 5.03. The number of carbonyl (C=O) groups is 1. The van der Waals surface area contributed by atoms with E-state index in [0.29, 0.717) is 16.3 Å². The lowest BCUT2D eigenvalue weighted by atomic mass is 10.2. The molecular formula is C17H15ClN2O5S. The monoisotopic (exact) mass is 394 g/mol. The first-order chi connectivity index (χ1) is 12.4. The van der Waals surface area contributed by atoms with Gasteiger partial charge >= 0.3 is 5.97 Å². The number of nitrogens with zero attached hydrogens (tertiary/aromatic N) is 1. The standard InChI is InChI=1S/C17H15ClN2O5S/c1-24-15-7-6-14(18)8-13(15)11-25-17(21)10-20-26(22,23)16-5-3-2-4-12(16)9-19/h2-8,20H,10-11H2,1H3. The highest BCUT2D eigenvalue weighted by atomic mass is 35.5. The molecule has 0 atom stereocenters. The van der Waals surface area contributed by atoms with E-state index in [2.05, 4.69) is 4.72 Å². The van der Waals surface area contributed by atoms with Gasteiger partial charge in [0, 0.05) is 10.6 Å². The van der Waals surface area contributed by atoms with Gasteiger partial charge in [-0.1, -0.05) is 23.7 Å². The minimum absolute atomic E-state index is 0.0166. The molecule has 0 aliphatic rings. The fraction of sp³-hybridized carbons (Fsp3) is 0.176. The average Bonchev–Trinajstić information content (AvgIpc) is 2.64. The van der Waals surface area contributed by atoms with Gasteiger partial charge in [0.1, 0.15) is 25.0 Å². The molecule has 7 nitrogen and oxygen atoms in total. The molecule has 0 saturated heterocycles. The van der Waals surface area contributed by atoms with E-state index < -0.39 is 22.5 Å². The topological polar surface area (TPSA) is 105 Å². The van der Waals surface area contributed by atoms with Crippen molar-refractivity contribution in [3.63, 3.8) is 0 Å². The van der Waals surface area contributed by atoms with Gasteiger partial charge in [0.05, 0.1) is 17.6 Å². The molecule has 26 heavy (non-hydrogen) atoms. The van der Waals surface area contributed by atoms with Crippen molar-refractivity contribution < 1.29 is 22.7 Å². The van der Waals surface area contributed by atoms with Gasteiger partial charge in [-0.25, -0.2) is 8.42 Å². The lowest BCUT2D eigenvalue weighted by Crippen LogP contribution is -2.31. The van der Waals surface area contributed by atoms with E-state index in [-0.39, 0.29) is 17.1 Å². The van der Waals surface area contributed by atoms with Crippen molar-refractivity contribution in [2.24, 2.45) is 0 Å². The van der Waals surface area contributed by atoms with Crippen molar-refractivity contribution in [3.05, 3.63) is 58.6 Å². The molecule has 0 amide bonds. The predicted molar refractivity (Wildman–Crippen MR) is 94.1 cm³/mol. The predicted octanol–water partition coefficient (Wildman–Crippen LogP) is 2.24. The SMILES string of the molecule is COc1ccc(Cl)cc1COC(=O)CNS(=O)(=O)c1ccccc1C#N. The summed E-state index contributed by atoms with van der Waals surface area (Å²) in [5.41, 5.74) is 0.531. The number of nitrogens with one attached hydrogen (secondary N) is 1. The lowest BCUT2D eigenvalue weighted by Gasteiger charge is -2.11. The summed E-state index contributed by atoms with van der Waals surface area (Å²) in [6.45, 7) is -0.704. The Hall–Kier alpha value is -2.60. The van der Waals surface area contributed by atoms with Crippen LogP contribution in [0.3, 0.4) is 0 Å². The molecule has 0 aliphatic heterocycles. The fourth-order valence-corrected chi connectivity index (χ4v) is 3.41. The van der Waals surface area contributed by atoms with Crippen LogP contribution < -0.4 is 9.46 Å². The first-order valence-corrected chi connectivity index (χ1v) is 9.20. The van der Waals surface area contributed by atoms with Crippen LogP contribution in [0.25, 0.3) is 0 Å². The molecule has 2 aromatic rings. The normalized spacial score (nSPS) is 10.8. The van der Waals surface area contributed by atoms with Crippen LogP contribution in [0.15, 0.2) is 47.4 Å². The summed E-state index contributed by atoms with van der Waals surface area (Å²) in [5, 5.41) is 9.43. The van der Waals surface area contributed by atoms with Crippen LogP contribution in [0.2, 0.25) is 5.02 Å². The van der Waals surface area contributed by atoms with Gasteiger partial charge in [-0.05, 0) is 30.3 Å². The van der Waals surface area contributed by atoms with Crippen LogP contribution in [0.4, 0.5) is 0 Å². The summed E-state index contributed by atoms with van der Waals surface area (Å²) in [5.74, 6) is -0.296. The fourth-order valence-electron chi connectivity index (χ4n) is 2.09. The first-order valence-electron chi connectivity index (χ1n) is 7.34. The maximum atomic E-state index is 12.2. The lowest BCUT2D eigenvalue weighted by molar-refractivity contribution is -0.143. The summed E-state index contributed by atoms with van der Waals surface area (Å²) < 4.78 is 36.8. The molecular weight excluding hydrogens is 380 g/mol. The number of hydrogen-bond donors (Lipinski definition) is 1. The third-order valence-electron chi connectivity index (χ3n) is 3.33. The Bertz CT molecular complexity index is 954. The largest absolute Gasteiger partial charge is 0.496 e. The molecule has 0 bridgehead atoms. The number of hydrogen-bond acceptors (Lipinski definition) is 6. The Kier molecular flexibility index (Phi) is 6.58. The number of halogens is 1. The highest BCUT2D eigenvalue weighted by molar-refractivity contribution is 7.89. The highest BCUT2D eigenvalue weighted by Crippen LogP contribution is 2.23. The molecule has 0 unspecified atom stereocenters. The summed E-state index contributed by atoms with van der Waals surface area (Å²) in [7, 11) is -2.55. The van der Waals surface area contributed by atoms with Gasteiger partial charge in [-0.15, -0.1) is 0 Å². The number of esters is 1. The van der Waals surface area contributed by atoms with Gasteiger partial charge in [0.25, 0.3) is 0 Å². The van der Waals surface area contributed by atoms with Crippen molar-refractivity contribution in [2.75, 3.05) is 13.7 Å². The van der Waals surface area contributed by atoms with Gasteiger partial charge in [-0.2, -0.15) is 9.98 Å². The Morgan fingerprint density at radius 2 is 2.00 bits per heavy atom. The first kappa shape index (κ1) is 19.7. The number of benzene rings is 2. The maximum Gasteiger partial charge on any atom is 0.321 e. The van der Waals surface area contributed by atoms with Crippen molar-refractivity contribution >= 4 is 27.6 Å². The minimum atomic E-state index is -4.02. The Labute approximate surface area is 156 Å². The third kappa shape index (κ3) is 4.95. The molecule has 0 saturated carbocycles. The van der Waals surface area contributed by atoms with Gasteiger partial charge in [0.15, 0.2) is 0 Å². The second-order valence-corrected chi connectivity index (χ2v) is 7.22. The summed E-state index contributed by atoms with van der Waals surface area (Å²) in [4.78, 5) is 11.6. The molecule has 0 radical (unpaired) electrons. The van der Waals surface area contributed by atoms with Crippen LogP contribution in [0.1, 0.15) is 11.1 Å².